The van der Waals surface area contributed by atoms with Crippen LogP contribution in [0, 0.1) is 0 Å². The van der Waals surface area contributed by atoms with Gasteiger partial charge in [0.05, 0.1) is 4.90 Å². The standard InChI is InChI=1S/C18H21BrN2O2S/c1-20(24(22,23)18-11-5-3-9-16(18)19)14-15-8-2-4-10-17(15)21-12-6-7-13-21/h2-5,8-11H,6-7,12-14H2,1H3. The summed E-state index contributed by atoms with van der Waals surface area (Å²) in [6.07, 6.45) is 2.39. The minimum absolute atomic E-state index is 0.297. The highest BCUT2D eigenvalue weighted by Gasteiger charge is 2.25. The van der Waals surface area contributed by atoms with Crippen molar-refractivity contribution >= 4 is 31.6 Å². The molecule has 0 aliphatic carbocycles. The molecule has 24 heavy (non-hydrogen) atoms. The van der Waals surface area contributed by atoms with E-state index in [4.69, 9.17) is 0 Å². The van der Waals surface area contributed by atoms with E-state index in [0.29, 0.717) is 15.9 Å². The molecule has 1 heterocycles. The second kappa shape index (κ2) is 7.25. The number of benzene rings is 2. The summed E-state index contributed by atoms with van der Waals surface area (Å²) >= 11 is 3.34. The van der Waals surface area contributed by atoms with Crippen molar-refractivity contribution in [2.45, 2.75) is 24.3 Å². The van der Waals surface area contributed by atoms with Gasteiger partial charge in [-0.3, -0.25) is 0 Å². The fourth-order valence-electron chi connectivity index (χ4n) is 3.06. The quantitative estimate of drug-likeness (QED) is 0.753. The summed E-state index contributed by atoms with van der Waals surface area (Å²) in [6.45, 7) is 2.44. The number of sulfonamides is 1. The Morgan fingerprint density at radius 2 is 1.67 bits per heavy atom. The van der Waals surface area contributed by atoms with Gasteiger partial charge in [-0.2, -0.15) is 4.31 Å². The van der Waals surface area contributed by atoms with Crippen LogP contribution in [0.2, 0.25) is 0 Å². The first-order chi connectivity index (χ1) is 11.5. The van der Waals surface area contributed by atoms with Crippen LogP contribution in [0.1, 0.15) is 18.4 Å². The molecule has 3 rings (SSSR count). The Labute approximate surface area is 152 Å². The molecule has 0 bridgehead atoms. The largest absolute Gasteiger partial charge is 0.371 e. The third kappa shape index (κ3) is 3.50. The van der Waals surface area contributed by atoms with Crippen LogP contribution in [0.5, 0.6) is 0 Å². The van der Waals surface area contributed by atoms with Gasteiger partial charge in [0.25, 0.3) is 0 Å². The van der Waals surface area contributed by atoms with Crippen LogP contribution < -0.4 is 4.90 Å². The van der Waals surface area contributed by atoms with Crippen molar-refractivity contribution < 1.29 is 8.42 Å². The third-order valence-electron chi connectivity index (χ3n) is 4.36. The van der Waals surface area contributed by atoms with Gasteiger partial charge in [0.15, 0.2) is 0 Å². The zero-order valence-electron chi connectivity index (χ0n) is 13.7. The van der Waals surface area contributed by atoms with Crippen molar-refractivity contribution in [3.8, 4) is 0 Å². The molecular formula is C18H21BrN2O2S. The molecule has 2 aromatic carbocycles. The fourth-order valence-corrected chi connectivity index (χ4v) is 5.17. The summed E-state index contributed by atoms with van der Waals surface area (Å²) in [5, 5.41) is 0. The van der Waals surface area contributed by atoms with Crippen LogP contribution in [0.15, 0.2) is 57.9 Å². The smallest absolute Gasteiger partial charge is 0.244 e. The molecule has 1 aliphatic heterocycles. The lowest BCUT2D eigenvalue weighted by Crippen LogP contribution is -2.28. The van der Waals surface area contributed by atoms with Gasteiger partial charge in [0.1, 0.15) is 0 Å². The lowest BCUT2D eigenvalue weighted by atomic mass is 10.1. The summed E-state index contributed by atoms with van der Waals surface area (Å²) in [6, 6.07) is 15.0. The highest BCUT2D eigenvalue weighted by molar-refractivity contribution is 9.10. The van der Waals surface area contributed by atoms with E-state index in [1.54, 1.807) is 25.2 Å². The predicted molar refractivity (Wildman–Crippen MR) is 101 cm³/mol. The predicted octanol–water partition coefficient (Wildman–Crippen LogP) is 3.87. The Morgan fingerprint density at radius 1 is 1.04 bits per heavy atom. The van der Waals surface area contributed by atoms with Gasteiger partial charge >= 0.3 is 0 Å². The van der Waals surface area contributed by atoms with Crippen LogP contribution in [0.4, 0.5) is 5.69 Å². The molecule has 2 aromatic rings. The molecule has 0 spiro atoms. The van der Waals surface area contributed by atoms with Crippen LogP contribution in [-0.4, -0.2) is 32.9 Å². The number of nitrogens with zero attached hydrogens (tertiary/aromatic N) is 2. The van der Waals surface area contributed by atoms with E-state index in [2.05, 4.69) is 26.9 Å². The van der Waals surface area contributed by atoms with Gasteiger partial charge in [-0.15, -0.1) is 0 Å². The minimum atomic E-state index is -3.54. The zero-order chi connectivity index (χ0) is 17.2. The molecule has 0 N–H and O–H groups in total. The van der Waals surface area contributed by atoms with Crippen LogP contribution >= 0.6 is 15.9 Å². The maximum atomic E-state index is 12.9. The molecule has 0 unspecified atom stereocenters. The number of halogens is 1. The molecule has 6 heteroatoms. The van der Waals surface area contributed by atoms with Crippen LogP contribution in [-0.2, 0) is 16.6 Å². The molecule has 1 aliphatic rings. The second-order valence-corrected chi connectivity index (χ2v) is 8.88. The molecule has 0 amide bonds. The lowest BCUT2D eigenvalue weighted by molar-refractivity contribution is 0.466. The monoisotopic (exact) mass is 408 g/mol. The number of hydrogen-bond acceptors (Lipinski definition) is 3. The molecule has 128 valence electrons. The Morgan fingerprint density at radius 3 is 2.38 bits per heavy atom. The van der Waals surface area contributed by atoms with Gasteiger partial charge in [-0.25, -0.2) is 8.42 Å². The van der Waals surface area contributed by atoms with Gasteiger partial charge in [0, 0.05) is 36.8 Å². The van der Waals surface area contributed by atoms with Crippen LogP contribution in [0.25, 0.3) is 0 Å². The highest BCUT2D eigenvalue weighted by atomic mass is 79.9. The van der Waals surface area contributed by atoms with Crippen molar-refractivity contribution in [1.82, 2.24) is 4.31 Å². The first-order valence-corrected chi connectivity index (χ1v) is 10.3. The van der Waals surface area contributed by atoms with E-state index in [-0.39, 0.29) is 0 Å². The van der Waals surface area contributed by atoms with Crippen LogP contribution in [0.3, 0.4) is 0 Å². The number of anilines is 1. The third-order valence-corrected chi connectivity index (χ3v) is 7.17. The van der Waals surface area contributed by atoms with E-state index in [9.17, 15) is 8.42 Å². The first-order valence-electron chi connectivity index (χ1n) is 8.04. The Bertz CT molecular complexity index is 817. The Balaban J connectivity index is 1.87. The molecule has 0 saturated carbocycles. The average Bonchev–Trinajstić information content (AvgIpc) is 3.10. The molecule has 1 fully saturated rings. The van der Waals surface area contributed by atoms with E-state index >= 15 is 0 Å². The molecule has 1 saturated heterocycles. The van der Waals surface area contributed by atoms with Crippen molar-refractivity contribution in [3.05, 3.63) is 58.6 Å². The molecule has 4 nitrogen and oxygen atoms in total. The van der Waals surface area contributed by atoms with Gasteiger partial charge < -0.3 is 4.90 Å². The maximum Gasteiger partial charge on any atom is 0.244 e. The summed E-state index contributed by atoms with van der Waals surface area (Å²) < 4.78 is 27.8. The van der Waals surface area contributed by atoms with Crippen molar-refractivity contribution in [2.24, 2.45) is 0 Å². The normalized spacial score (nSPS) is 15.2. The number of para-hydroxylation sites is 1. The molecule has 0 radical (unpaired) electrons. The number of rotatable bonds is 5. The topological polar surface area (TPSA) is 40.6 Å². The van der Waals surface area contributed by atoms with Gasteiger partial charge in [0.2, 0.25) is 10.0 Å². The minimum Gasteiger partial charge on any atom is -0.371 e. The van der Waals surface area contributed by atoms with E-state index < -0.39 is 10.0 Å². The van der Waals surface area contributed by atoms with Crippen molar-refractivity contribution in [1.29, 1.82) is 0 Å². The summed E-state index contributed by atoms with van der Waals surface area (Å²) in [4.78, 5) is 2.64. The van der Waals surface area contributed by atoms with E-state index in [0.717, 1.165) is 24.3 Å². The zero-order valence-corrected chi connectivity index (χ0v) is 16.1. The lowest BCUT2D eigenvalue weighted by Gasteiger charge is -2.24. The Hall–Kier alpha value is -1.37. The fraction of sp³-hybridized carbons (Fsp3) is 0.333. The first kappa shape index (κ1) is 17.5. The number of hydrogen-bond donors (Lipinski definition) is 0. The van der Waals surface area contributed by atoms with Gasteiger partial charge in [-0.05, 0) is 52.5 Å². The maximum absolute atomic E-state index is 12.9. The average molecular weight is 409 g/mol. The Kier molecular flexibility index (Phi) is 5.27. The second-order valence-electron chi connectivity index (χ2n) is 6.01. The molecule has 0 atom stereocenters. The summed E-state index contributed by atoms with van der Waals surface area (Å²) in [5.41, 5.74) is 2.18. The van der Waals surface area contributed by atoms with Gasteiger partial charge in [-0.1, -0.05) is 30.3 Å². The van der Waals surface area contributed by atoms with Crippen molar-refractivity contribution in [2.75, 3.05) is 25.0 Å². The van der Waals surface area contributed by atoms with Crippen molar-refractivity contribution in [3.63, 3.8) is 0 Å². The highest BCUT2D eigenvalue weighted by Crippen LogP contribution is 2.28. The summed E-state index contributed by atoms with van der Waals surface area (Å²) in [7, 11) is -1.91. The molecular weight excluding hydrogens is 388 g/mol. The molecule has 0 aromatic heterocycles. The summed E-state index contributed by atoms with van der Waals surface area (Å²) in [5.74, 6) is 0. The SMILES string of the molecule is CN(Cc1ccccc1N1CCCC1)S(=O)(=O)c1ccccc1Br. The van der Waals surface area contributed by atoms with E-state index in [1.807, 2.05) is 24.3 Å². The van der Waals surface area contributed by atoms with E-state index in [1.165, 1.54) is 17.1 Å².